The van der Waals surface area contributed by atoms with Gasteiger partial charge in [0.25, 0.3) is 0 Å². The lowest BCUT2D eigenvalue weighted by Gasteiger charge is -2.21. The minimum absolute atomic E-state index is 0.136. The number of carbonyl (C=O) groups is 2. The third-order valence-electron chi connectivity index (χ3n) is 6.09. The number of carboxylic acid groups (broad SMARTS) is 1. The van der Waals surface area contributed by atoms with Gasteiger partial charge in [0.1, 0.15) is 17.6 Å². The predicted octanol–water partition coefficient (Wildman–Crippen LogP) is 5.38. The number of anilines is 1. The predicted molar refractivity (Wildman–Crippen MR) is 136 cm³/mol. The first-order chi connectivity index (χ1) is 16.8. The molecule has 0 radical (unpaired) electrons. The van der Waals surface area contributed by atoms with Gasteiger partial charge in [-0.3, -0.25) is 10.1 Å². The van der Waals surface area contributed by atoms with Crippen LogP contribution in [0.3, 0.4) is 0 Å². The summed E-state index contributed by atoms with van der Waals surface area (Å²) < 4.78 is 7.28. The molecule has 3 atom stereocenters. The molecule has 0 fully saturated rings. The summed E-state index contributed by atoms with van der Waals surface area (Å²) in [6.45, 7) is 6.29. The van der Waals surface area contributed by atoms with Gasteiger partial charge in [-0.25, -0.2) is 9.78 Å². The Labute approximate surface area is 206 Å². The van der Waals surface area contributed by atoms with Gasteiger partial charge < -0.3 is 19.7 Å². The van der Waals surface area contributed by atoms with Crippen LogP contribution >= 0.6 is 0 Å². The van der Waals surface area contributed by atoms with Crippen LogP contribution in [0.2, 0.25) is 0 Å². The van der Waals surface area contributed by atoms with Gasteiger partial charge in [0.05, 0.1) is 12.2 Å². The van der Waals surface area contributed by atoms with Gasteiger partial charge in [-0.15, -0.1) is 0 Å². The van der Waals surface area contributed by atoms with Crippen molar-refractivity contribution in [2.45, 2.75) is 52.3 Å². The number of ether oxygens (including phenoxy) is 1. The lowest BCUT2D eigenvalue weighted by molar-refractivity contribution is -0.142. The van der Waals surface area contributed by atoms with Crippen LogP contribution in [-0.2, 0) is 23.1 Å². The molecule has 8 heteroatoms. The van der Waals surface area contributed by atoms with E-state index in [4.69, 9.17) is 4.74 Å². The molecule has 0 aliphatic carbocycles. The van der Waals surface area contributed by atoms with Gasteiger partial charge in [-0.1, -0.05) is 67.9 Å². The number of rotatable bonds is 11. The number of aryl methyl sites for hydroxylation is 1. The van der Waals surface area contributed by atoms with Crippen LogP contribution < -0.4 is 10.6 Å². The third kappa shape index (κ3) is 6.93. The Bertz CT molecular complexity index is 1110. The minimum atomic E-state index is -0.769. The number of hydrogen-bond acceptors (Lipinski definition) is 5. The van der Waals surface area contributed by atoms with E-state index in [0.717, 1.165) is 23.1 Å². The highest BCUT2D eigenvalue weighted by atomic mass is 16.6. The van der Waals surface area contributed by atoms with E-state index in [1.807, 2.05) is 82.4 Å². The van der Waals surface area contributed by atoms with E-state index in [1.54, 1.807) is 10.9 Å². The summed E-state index contributed by atoms with van der Waals surface area (Å²) in [5.41, 5.74) is 3.43. The Morgan fingerprint density at radius 1 is 1.09 bits per heavy atom. The molecule has 1 heterocycles. The van der Waals surface area contributed by atoms with Crippen LogP contribution in [0.25, 0.3) is 11.3 Å². The molecule has 0 aliphatic heterocycles. The summed E-state index contributed by atoms with van der Waals surface area (Å²) in [7, 11) is 1.81. The van der Waals surface area contributed by atoms with Gasteiger partial charge >= 0.3 is 12.1 Å². The summed E-state index contributed by atoms with van der Waals surface area (Å²) in [6.07, 6.45) is 2.17. The van der Waals surface area contributed by atoms with E-state index in [1.165, 1.54) is 0 Å². The molecule has 8 nitrogen and oxygen atoms in total. The number of nitrogens with one attached hydrogen (secondary N) is 2. The molecule has 3 rings (SSSR count). The summed E-state index contributed by atoms with van der Waals surface area (Å²) in [5.74, 6) is -0.640. The fourth-order valence-electron chi connectivity index (χ4n) is 3.97. The number of aliphatic carboxylic acids is 1. The third-order valence-corrected chi connectivity index (χ3v) is 6.09. The highest BCUT2D eigenvalue weighted by Crippen LogP contribution is 2.27. The Balaban J connectivity index is 1.64. The van der Waals surface area contributed by atoms with E-state index in [2.05, 4.69) is 15.6 Å². The molecule has 0 aliphatic rings. The molecule has 0 bridgehead atoms. The van der Waals surface area contributed by atoms with E-state index in [-0.39, 0.29) is 12.1 Å². The molecule has 0 saturated heterocycles. The smallest absolute Gasteiger partial charge is 0.413 e. The summed E-state index contributed by atoms with van der Waals surface area (Å²) >= 11 is 0. The molecule has 186 valence electrons. The standard InChI is InChI=1S/C27H34N4O4/c1-5-9-23(26(32)33)18(2)28-16-20-12-14-22(15-13-20)24-25(31(4)17-29-24)30-27(34)35-19(3)21-10-7-6-8-11-21/h6-8,10-15,17-19,23,28H,5,9,16H2,1-4H3,(H,30,34)(H,32,33). The largest absolute Gasteiger partial charge is 0.481 e. The quantitative estimate of drug-likeness (QED) is 0.342. The zero-order valence-corrected chi connectivity index (χ0v) is 20.7. The van der Waals surface area contributed by atoms with Crippen molar-refractivity contribution in [1.82, 2.24) is 14.9 Å². The molecule has 1 amide bonds. The van der Waals surface area contributed by atoms with Crippen LogP contribution in [0.1, 0.15) is 50.8 Å². The first-order valence-electron chi connectivity index (χ1n) is 11.9. The molecule has 1 aromatic heterocycles. The Kier molecular flexibility index (Phi) is 9.03. The average Bonchev–Trinajstić information content (AvgIpc) is 3.21. The summed E-state index contributed by atoms with van der Waals surface area (Å²) in [6, 6.07) is 17.2. The maximum absolute atomic E-state index is 12.6. The summed E-state index contributed by atoms with van der Waals surface area (Å²) in [4.78, 5) is 28.5. The van der Waals surface area contributed by atoms with Crippen molar-refractivity contribution in [2.75, 3.05) is 5.32 Å². The van der Waals surface area contributed by atoms with Crippen LogP contribution in [0, 0.1) is 5.92 Å². The zero-order valence-electron chi connectivity index (χ0n) is 20.7. The second-order valence-electron chi connectivity index (χ2n) is 8.74. The monoisotopic (exact) mass is 478 g/mol. The summed E-state index contributed by atoms with van der Waals surface area (Å²) in [5, 5.41) is 15.6. The van der Waals surface area contributed by atoms with Gasteiger partial charge in [0, 0.05) is 25.2 Å². The van der Waals surface area contributed by atoms with Crippen molar-refractivity contribution in [3.05, 3.63) is 72.1 Å². The normalized spacial score (nSPS) is 13.6. The molecule has 3 unspecified atom stereocenters. The minimum Gasteiger partial charge on any atom is -0.481 e. The van der Waals surface area contributed by atoms with Gasteiger partial charge in [-0.05, 0) is 31.4 Å². The van der Waals surface area contributed by atoms with Crippen molar-refractivity contribution in [2.24, 2.45) is 13.0 Å². The fraction of sp³-hybridized carbons (Fsp3) is 0.370. The van der Waals surface area contributed by atoms with Gasteiger partial charge in [-0.2, -0.15) is 0 Å². The lowest BCUT2D eigenvalue weighted by Crippen LogP contribution is -2.37. The van der Waals surface area contributed by atoms with Crippen molar-refractivity contribution < 1.29 is 19.4 Å². The molecule has 3 N–H and O–H groups in total. The number of carboxylic acids is 1. The Morgan fingerprint density at radius 3 is 2.40 bits per heavy atom. The van der Waals surface area contributed by atoms with Crippen LogP contribution in [0.5, 0.6) is 0 Å². The maximum Gasteiger partial charge on any atom is 0.413 e. The van der Waals surface area contributed by atoms with Gasteiger partial charge in [0.15, 0.2) is 0 Å². The van der Waals surface area contributed by atoms with Crippen molar-refractivity contribution in [3.63, 3.8) is 0 Å². The van der Waals surface area contributed by atoms with Crippen LogP contribution in [0.4, 0.5) is 10.6 Å². The number of aromatic nitrogens is 2. The molecule has 0 spiro atoms. The van der Waals surface area contributed by atoms with Gasteiger partial charge in [0.2, 0.25) is 0 Å². The van der Waals surface area contributed by atoms with E-state index in [9.17, 15) is 14.7 Å². The fourth-order valence-corrected chi connectivity index (χ4v) is 3.97. The first-order valence-corrected chi connectivity index (χ1v) is 11.9. The van der Waals surface area contributed by atoms with E-state index < -0.39 is 18.0 Å². The number of benzene rings is 2. The highest BCUT2D eigenvalue weighted by molar-refractivity contribution is 5.89. The van der Waals surface area contributed by atoms with Crippen molar-refractivity contribution >= 4 is 17.9 Å². The van der Waals surface area contributed by atoms with Crippen LogP contribution in [-0.4, -0.2) is 32.8 Å². The number of amides is 1. The molecule has 35 heavy (non-hydrogen) atoms. The Morgan fingerprint density at radius 2 is 1.77 bits per heavy atom. The zero-order chi connectivity index (χ0) is 25.4. The number of imidazole rings is 1. The lowest BCUT2D eigenvalue weighted by atomic mass is 9.96. The average molecular weight is 479 g/mol. The number of nitrogens with zero attached hydrogens (tertiary/aromatic N) is 2. The highest BCUT2D eigenvalue weighted by Gasteiger charge is 2.23. The number of hydrogen-bond donors (Lipinski definition) is 3. The molecule has 0 saturated carbocycles. The molecule has 3 aromatic rings. The van der Waals surface area contributed by atoms with Crippen molar-refractivity contribution in [1.29, 1.82) is 0 Å². The maximum atomic E-state index is 12.6. The van der Waals surface area contributed by atoms with Crippen molar-refractivity contribution in [3.8, 4) is 11.3 Å². The van der Waals surface area contributed by atoms with E-state index >= 15 is 0 Å². The van der Waals surface area contributed by atoms with Crippen LogP contribution in [0.15, 0.2) is 60.9 Å². The first kappa shape index (κ1) is 26.0. The molecular weight excluding hydrogens is 444 g/mol. The topological polar surface area (TPSA) is 105 Å². The Hall–Kier alpha value is -3.65. The molecular formula is C27H34N4O4. The second kappa shape index (κ2) is 12.2. The second-order valence-corrected chi connectivity index (χ2v) is 8.74. The van der Waals surface area contributed by atoms with E-state index in [0.29, 0.717) is 24.5 Å². The SMILES string of the molecule is CCCC(C(=O)O)C(C)NCc1ccc(-c2ncn(C)c2NC(=O)OC(C)c2ccccc2)cc1. The number of carbonyl (C=O) groups excluding carboxylic acids is 1. The molecule has 2 aromatic carbocycles.